The van der Waals surface area contributed by atoms with Crippen LogP contribution >= 0.6 is 11.6 Å². The molecule has 5 rings (SSSR count). The van der Waals surface area contributed by atoms with Crippen LogP contribution in [0.1, 0.15) is 28.0 Å². The minimum Gasteiger partial charge on any atom is -0.358 e. The fourth-order valence-electron chi connectivity index (χ4n) is 4.16. The molecule has 30 heavy (non-hydrogen) atoms. The zero-order valence-electron chi connectivity index (χ0n) is 16.0. The molecule has 2 aromatic carbocycles. The van der Waals surface area contributed by atoms with Gasteiger partial charge in [0.1, 0.15) is 6.04 Å². The monoisotopic (exact) mass is 422 g/mol. The van der Waals surface area contributed by atoms with Crippen molar-refractivity contribution in [2.24, 2.45) is 0 Å². The van der Waals surface area contributed by atoms with Crippen molar-refractivity contribution in [1.29, 1.82) is 0 Å². The second kappa shape index (κ2) is 7.18. The van der Waals surface area contributed by atoms with Gasteiger partial charge in [-0.25, -0.2) is 0 Å². The fourth-order valence-corrected chi connectivity index (χ4v) is 4.33. The summed E-state index contributed by atoms with van der Waals surface area (Å²) in [6.07, 6.45) is 0.603. The van der Waals surface area contributed by atoms with Crippen LogP contribution in [-0.2, 0) is 22.6 Å². The van der Waals surface area contributed by atoms with Crippen molar-refractivity contribution < 1.29 is 14.4 Å². The smallest absolute Gasteiger partial charge is 0.254 e. The molecule has 0 bridgehead atoms. The normalized spacial score (nSPS) is 18.3. The first-order valence-corrected chi connectivity index (χ1v) is 10.1. The lowest BCUT2D eigenvalue weighted by molar-refractivity contribution is -0.134. The molecule has 0 radical (unpaired) electrons. The molecule has 0 unspecified atom stereocenters. The molecule has 3 heterocycles. The Kier molecular flexibility index (Phi) is 4.47. The third kappa shape index (κ3) is 3.21. The largest absolute Gasteiger partial charge is 0.358 e. The van der Waals surface area contributed by atoms with Gasteiger partial charge in [-0.2, -0.15) is 0 Å². The van der Waals surface area contributed by atoms with Crippen molar-refractivity contribution in [3.05, 3.63) is 64.3 Å². The number of hydrogen-bond donors (Lipinski definition) is 3. The Morgan fingerprint density at radius 2 is 2.00 bits per heavy atom. The Morgan fingerprint density at radius 3 is 2.87 bits per heavy atom. The van der Waals surface area contributed by atoms with E-state index in [1.165, 1.54) is 0 Å². The first-order chi connectivity index (χ1) is 14.5. The molecule has 2 aliphatic rings. The summed E-state index contributed by atoms with van der Waals surface area (Å²) in [6, 6.07) is 11.5. The highest BCUT2D eigenvalue weighted by Crippen LogP contribution is 2.30. The number of carbonyl (C=O) groups excluding carboxylic acids is 3. The number of nitrogens with zero attached hydrogens (tertiary/aromatic N) is 1. The molecule has 3 amide bonds. The van der Waals surface area contributed by atoms with Crippen LogP contribution in [0.5, 0.6) is 0 Å². The van der Waals surface area contributed by atoms with Crippen LogP contribution in [0.25, 0.3) is 10.9 Å². The summed E-state index contributed by atoms with van der Waals surface area (Å²) < 4.78 is 0. The number of amides is 3. The first kappa shape index (κ1) is 18.7. The molecule has 0 aliphatic carbocycles. The first-order valence-electron chi connectivity index (χ1n) is 9.77. The van der Waals surface area contributed by atoms with E-state index in [0.29, 0.717) is 35.8 Å². The van der Waals surface area contributed by atoms with E-state index in [2.05, 4.69) is 15.6 Å². The van der Waals surface area contributed by atoms with Crippen LogP contribution < -0.4 is 10.6 Å². The molecule has 0 saturated heterocycles. The molecule has 7 nitrogen and oxygen atoms in total. The molecule has 152 valence electrons. The van der Waals surface area contributed by atoms with Crippen LogP contribution in [0.15, 0.2) is 42.5 Å². The summed E-state index contributed by atoms with van der Waals surface area (Å²) in [5, 5.41) is 7.07. The number of carbonyl (C=O) groups is 3. The maximum absolute atomic E-state index is 13.0. The summed E-state index contributed by atoms with van der Waals surface area (Å²) >= 11 is 6.15. The number of aromatic amines is 1. The van der Waals surface area contributed by atoms with Gasteiger partial charge in [-0.15, -0.1) is 0 Å². The lowest BCUT2D eigenvalue weighted by Gasteiger charge is -2.28. The van der Waals surface area contributed by atoms with Crippen LogP contribution in [0.3, 0.4) is 0 Å². The average molecular weight is 423 g/mol. The summed E-state index contributed by atoms with van der Waals surface area (Å²) in [7, 11) is 0. The highest BCUT2D eigenvalue weighted by molar-refractivity contribution is 6.31. The predicted molar refractivity (Wildman–Crippen MR) is 113 cm³/mol. The van der Waals surface area contributed by atoms with Crippen LogP contribution in [0, 0.1) is 0 Å². The summed E-state index contributed by atoms with van der Waals surface area (Å²) in [4.78, 5) is 43.2. The van der Waals surface area contributed by atoms with E-state index in [1.54, 1.807) is 29.2 Å². The van der Waals surface area contributed by atoms with Crippen LogP contribution in [-0.4, -0.2) is 40.2 Å². The Labute approximate surface area is 177 Å². The number of para-hydroxylation sites is 1. The predicted octanol–water partition coefficient (Wildman–Crippen LogP) is 2.85. The van der Waals surface area contributed by atoms with E-state index in [9.17, 15) is 14.4 Å². The van der Waals surface area contributed by atoms with Gasteiger partial charge in [0.25, 0.3) is 5.91 Å². The zero-order chi connectivity index (χ0) is 20.8. The maximum atomic E-state index is 13.0. The van der Waals surface area contributed by atoms with Crippen molar-refractivity contribution in [3.63, 3.8) is 0 Å². The highest BCUT2D eigenvalue weighted by Gasteiger charge is 2.32. The molecular formula is C22H19ClN4O3. The van der Waals surface area contributed by atoms with Crippen molar-refractivity contribution in [3.8, 4) is 0 Å². The summed E-state index contributed by atoms with van der Waals surface area (Å²) in [5.41, 5.74) is 3.99. The number of anilines is 1. The number of benzene rings is 2. The standard InChI is InChI=1S/C22H19ClN4O3/c23-12-5-6-17-14(9-12)15-11-27(8-7-18(15)24-17)20(28)10-19-22(30)25-16-4-2-1-3-13(16)21(29)26-19/h1-6,9,19,24H,7-8,10-11H2,(H,25,30)(H,26,29)/t19-/m1/s1. The van der Waals surface area contributed by atoms with E-state index in [0.717, 1.165) is 22.2 Å². The van der Waals surface area contributed by atoms with E-state index in [1.807, 2.05) is 18.2 Å². The number of rotatable bonds is 2. The second-order valence-electron chi connectivity index (χ2n) is 7.60. The molecular weight excluding hydrogens is 404 g/mol. The van der Waals surface area contributed by atoms with Crippen LogP contribution in [0.4, 0.5) is 5.69 Å². The number of aromatic nitrogens is 1. The van der Waals surface area contributed by atoms with Gasteiger partial charge in [0.15, 0.2) is 0 Å². The topological polar surface area (TPSA) is 94.3 Å². The molecule has 0 spiro atoms. The number of fused-ring (bicyclic) bond motifs is 4. The maximum Gasteiger partial charge on any atom is 0.254 e. The average Bonchev–Trinajstić information content (AvgIpc) is 3.04. The van der Waals surface area contributed by atoms with Gasteiger partial charge in [0.2, 0.25) is 11.8 Å². The second-order valence-corrected chi connectivity index (χ2v) is 8.04. The molecule has 0 saturated carbocycles. The quantitative estimate of drug-likeness (QED) is 0.592. The lowest BCUT2D eigenvalue weighted by atomic mass is 10.0. The van der Waals surface area contributed by atoms with Crippen LogP contribution in [0.2, 0.25) is 5.02 Å². The number of halogens is 1. The minimum absolute atomic E-state index is 0.0932. The van der Waals surface area contributed by atoms with Crippen molar-refractivity contribution >= 4 is 45.9 Å². The Balaban J connectivity index is 1.34. The summed E-state index contributed by atoms with van der Waals surface area (Å²) in [5.74, 6) is -0.935. The third-order valence-electron chi connectivity index (χ3n) is 5.72. The lowest BCUT2D eigenvalue weighted by Crippen LogP contribution is -2.46. The van der Waals surface area contributed by atoms with Gasteiger partial charge < -0.3 is 20.5 Å². The van der Waals surface area contributed by atoms with Gasteiger partial charge >= 0.3 is 0 Å². The van der Waals surface area contributed by atoms with Crippen molar-refractivity contribution in [2.75, 3.05) is 11.9 Å². The van der Waals surface area contributed by atoms with Gasteiger partial charge in [-0.05, 0) is 30.3 Å². The molecule has 8 heteroatoms. The van der Waals surface area contributed by atoms with Gasteiger partial charge in [-0.1, -0.05) is 23.7 Å². The van der Waals surface area contributed by atoms with Crippen molar-refractivity contribution in [1.82, 2.24) is 15.2 Å². The van der Waals surface area contributed by atoms with E-state index >= 15 is 0 Å². The zero-order valence-corrected chi connectivity index (χ0v) is 16.8. The number of nitrogens with one attached hydrogen (secondary N) is 3. The number of hydrogen-bond acceptors (Lipinski definition) is 3. The van der Waals surface area contributed by atoms with Gasteiger partial charge in [0, 0.05) is 46.7 Å². The Bertz CT molecular complexity index is 1200. The number of H-pyrrole nitrogens is 1. The molecule has 2 aliphatic heterocycles. The summed E-state index contributed by atoms with van der Waals surface area (Å²) in [6.45, 7) is 0.992. The molecule has 3 N–H and O–H groups in total. The van der Waals surface area contributed by atoms with E-state index in [-0.39, 0.29) is 18.2 Å². The van der Waals surface area contributed by atoms with Gasteiger partial charge in [0.05, 0.1) is 17.7 Å². The third-order valence-corrected chi connectivity index (χ3v) is 5.96. The van der Waals surface area contributed by atoms with Crippen molar-refractivity contribution in [2.45, 2.75) is 25.4 Å². The molecule has 1 aromatic heterocycles. The van der Waals surface area contributed by atoms with Gasteiger partial charge in [-0.3, -0.25) is 14.4 Å². The van der Waals surface area contributed by atoms with E-state index < -0.39 is 11.9 Å². The fraction of sp³-hybridized carbons (Fsp3) is 0.227. The molecule has 1 atom stereocenters. The minimum atomic E-state index is -0.920. The molecule has 3 aromatic rings. The Morgan fingerprint density at radius 1 is 1.17 bits per heavy atom. The highest BCUT2D eigenvalue weighted by atomic mass is 35.5. The molecule has 0 fully saturated rings. The SMILES string of the molecule is O=C1N[C@H](CC(=O)N2CCc3[nH]c4ccc(Cl)cc4c3C2)C(=O)Nc2ccccc21. The Hall–Kier alpha value is -3.32. The van der Waals surface area contributed by atoms with E-state index in [4.69, 9.17) is 11.6 Å².